The first-order valence-corrected chi connectivity index (χ1v) is 12.3. The summed E-state index contributed by atoms with van der Waals surface area (Å²) in [5.41, 5.74) is 3.72. The fourth-order valence-electron chi connectivity index (χ4n) is 4.54. The molecule has 180 valence electrons. The molecule has 3 N–H and O–H groups in total. The maximum atomic E-state index is 12.7. The summed E-state index contributed by atoms with van der Waals surface area (Å²) >= 11 is 0. The topological polar surface area (TPSA) is 91.9 Å². The van der Waals surface area contributed by atoms with Crippen LogP contribution in [0.3, 0.4) is 0 Å². The second kappa shape index (κ2) is 11.3. The van der Waals surface area contributed by atoms with Crippen molar-refractivity contribution in [3.05, 3.63) is 99.9 Å². The minimum atomic E-state index is -0.174. The van der Waals surface area contributed by atoms with Crippen LogP contribution in [0.2, 0.25) is 0 Å². The van der Waals surface area contributed by atoms with Crippen molar-refractivity contribution in [3.8, 4) is 5.75 Å². The fraction of sp³-hybridized carbons (Fsp3) is 0.321. The zero-order valence-electron chi connectivity index (χ0n) is 19.8. The molecule has 1 fully saturated rings. The summed E-state index contributed by atoms with van der Waals surface area (Å²) in [5.74, 6) is 1.85. The standard InChI is InChI=1S/C28H31N5O2/c34-28-24-12-14-31-25(18-30-17-22-7-4-13-29-16-22)27(24)32-26(33-28)19-35-23-10-8-21(9-11-23)15-20-5-2-1-3-6-20/h1-3,5-6,8-12,14,22,29-30H,4,7,13,15-19H2,(H,32,33,34)/t22-/m0/s1. The average molecular weight is 470 g/mol. The Morgan fingerprint density at radius 1 is 1.03 bits per heavy atom. The molecular weight excluding hydrogens is 438 g/mol. The van der Waals surface area contributed by atoms with E-state index in [-0.39, 0.29) is 12.2 Å². The minimum Gasteiger partial charge on any atom is -0.486 e. The van der Waals surface area contributed by atoms with Crippen LogP contribution < -0.4 is 20.9 Å². The predicted molar refractivity (Wildman–Crippen MR) is 137 cm³/mol. The highest BCUT2D eigenvalue weighted by Crippen LogP contribution is 2.17. The van der Waals surface area contributed by atoms with Crippen LogP contribution >= 0.6 is 0 Å². The number of rotatable bonds is 9. The van der Waals surface area contributed by atoms with Crippen LogP contribution in [0.4, 0.5) is 0 Å². The summed E-state index contributed by atoms with van der Waals surface area (Å²) in [6.07, 6.45) is 5.00. The molecule has 0 saturated carbocycles. The van der Waals surface area contributed by atoms with E-state index in [0.717, 1.165) is 37.5 Å². The van der Waals surface area contributed by atoms with Gasteiger partial charge in [0.25, 0.3) is 5.56 Å². The lowest BCUT2D eigenvalue weighted by atomic mass is 10.00. The van der Waals surface area contributed by atoms with Crippen molar-refractivity contribution in [3.63, 3.8) is 0 Å². The van der Waals surface area contributed by atoms with Crippen LogP contribution in [0, 0.1) is 5.92 Å². The summed E-state index contributed by atoms with van der Waals surface area (Å²) in [5, 5.41) is 7.49. The number of pyridine rings is 1. The van der Waals surface area contributed by atoms with E-state index in [1.807, 2.05) is 18.2 Å². The van der Waals surface area contributed by atoms with Crippen LogP contribution in [-0.4, -0.2) is 34.6 Å². The van der Waals surface area contributed by atoms with Gasteiger partial charge in [0, 0.05) is 12.7 Å². The molecule has 0 bridgehead atoms. The lowest BCUT2D eigenvalue weighted by Crippen LogP contribution is -2.36. The van der Waals surface area contributed by atoms with Gasteiger partial charge in [0.2, 0.25) is 0 Å². The zero-order chi connectivity index (χ0) is 23.9. The number of fused-ring (bicyclic) bond motifs is 1. The molecule has 2 aromatic heterocycles. The Kier molecular flexibility index (Phi) is 7.46. The number of hydrogen-bond acceptors (Lipinski definition) is 6. The molecule has 3 heterocycles. The Morgan fingerprint density at radius 2 is 1.86 bits per heavy atom. The molecule has 1 atom stereocenters. The van der Waals surface area contributed by atoms with Crippen molar-refractivity contribution in [2.75, 3.05) is 19.6 Å². The number of benzene rings is 2. The van der Waals surface area contributed by atoms with E-state index < -0.39 is 0 Å². The van der Waals surface area contributed by atoms with E-state index in [9.17, 15) is 4.79 Å². The van der Waals surface area contributed by atoms with E-state index in [2.05, 4.69) is 57.0 Å². The van der Waals surface area contributed by atoms with Gasteiger partial charge < -0.3 is 20.4 Å². The second-order valence-electron chi connectivity index (χ2n) is 9.10. The molecule has 2 aromatic carbocycles. The summed E-state index contributed by atoms with van der Waals surface area (Å²) in [6, 6.07) is 20.1. The third-order valence-electron chi connectivity index (χ3n) is 6.42. The van der Waals surface area contributed by atoms with Crippen molar-refractivity contribution in [2.45, 2.75) is 32.4 Å². The molecule has 7 heteroatoms. The number of piperidine rings is 1. The van der Waals surface area contributed by atoms with Gasteiger partial charge in [-0.2, -0.15) is 0 Å². The number of nitrogens with one attached hydrogen (secondary N) is 3. The highest BCUT2D eigenvalue weighted by molar-refractivity contribution is 5.79. The first-order chi connectivity index (χ1) is 17.2. The van der Waals surface area contributed by atoms with E-state index >= 15 is 0 Å². The molecule has 4 aromatic rings. The van der Waals surface area contributed by atoms with E-state index in [1.54, 1.807) is 12.3 Å². The molecule has 7 nitrogen and oxygen atoms in total. The molecule has 1 aliphatic rings. The van der Waals surface area contributed by atoms with E-state index in [0.29, 0.717) is 29.2 Å². The van der Waals surface area contributed by atoms with Crippen molar-refractivity contribution < 1.29 is 4.74 Å². The molecule has 0 unspecified atom stereocenters. The predicted octanol–water partition coefficient (Wildman–Crippen LogP) is 3.58. The average Bonchev–Trinajstić information content (AvgIpc) is 2.90. The van der Waals surface area contributed by atoms with Crippen molar-refractivity contribution in [1.29, 1.82) is 0 Å². The van der Waals surface area contributed by atoms with Gasteiger partial charge in [-0.3, -0.25) is 9.78 Å². The number of aromatic nitrogens is 3. The fourth-order valence-corrected chi connectivity index (χ4v) is 4.54. The smallest absolute Gasteiger partial charge is 0.258 e. The third-order valence-corrected chi connectivity index (χ3v) is 6.42. The van der Waals surface area contributed by atoms with Gasteiger partial charge in [-0.25, -0.2) is 4.98 Å². The lowest BCUT2D eigenvalue weighted by Gasteiger charge is -2.22. The van der Waals surface area contributed by atoms with Gasteiger partial charge in [0.1, 0.15) is 23.7 Å². The summed E-state index contributed by atoms with van der Waals surface area (Å²) < 4.78 is 5.93. The molecule has 5 rings (SSSR count). The first kappa shape index (κ1) is 23.2. The van der Waals surface area contributed by atoms with Crippen LogP contribution in [0.25, 0.3) is 10.9 Å². The van der Waals surface area contributed by atoms with Gasteiger partial charge in [0.15, 0.2) is 0 Å². The van der Waals surface area contributed by atoms with Crippen LogP contribution in [-0.2, 0) is 19.6 Å². The Hall–Kier alpha value is -3.55. The van der Waals surface area contributed by atoms with Gasteiger partial charge in [0.05, 0.1) is 11.1 Å². The number of hydrogen-bond donors (Lipinski definition) is 3. The van der Waals surface area contributed by atoms with Gasteiger partial charge in [-0.05, 0) is 74.1 Å². The Labute approximate surface area is 205 Å². The van der Waals surface area contributed by atoms with E-state index in [4.69, 9.17) is 9.72 Å². The van der Waals surface area contributed by atoms with Crippen molar-refractivity contribution in [1.82, 2.24) is 25.6 Å². The highest BCUT2D eigenvalue weighted by atomic mass is 16.5. The molecule has 0 spiro atoms. The second-order valence-corrected chi connectivity index (χ2v) is 9.10. The lowest BCUT2D eigenvalue weighted by molar-refractivity contribution is 0.296. The number of aromatic amines is 1. The maximum absolute atomic E-state index is 12.7. The largest absolute Gasteiger partial charge is 0.486 e. The summed E-state index contributed by atoms with van der Waals surface area (Å²) in [7, 11) is 0. The van der Waals surface area contributed by atoms with Crippen LogP contribution in [0.5, 0.6) is 5.75 Å². The van der Waals surface area contributed by atoms with Crippen LogP contribution in [0.15, 0.2) is 71.7 Å². The number of nitrogens with zero attached hydrogens (tertiary/aromatic N) is 2. The van der Waals surface area contributed by atoms with Gasteiger partial charge in [-0.15, -0.1) is 0 Å². The van der Waals surface area contributed by atoms with Crippen molar-refractivity contribution in [2.24, 2.45) is 5.92 Å². The first-order valence-electron chi connectivity index (χ1n) is 12.3. The monoisotopic (exact) mass is 469 g/mol. The highest BCUT2D eigenvalue weighted by Gasteiger charge is 2.14. The SMILES string of the molecule is O=c1[nH]c(COc2ccc(Cc3ccccc3)cc2)nc2c(CNC[C@H]3CCCNC3)nccc12. The molecular formula is C28H31N5O2. The quantitative estimate of drug-likeness (QED) is 0.347. The van der Waals surface area contributed by atoms with Crippen molar-refractivity contribution >= 4 is 10.9 Å². The Bertz CT molecular complexity index is 1300. The normalized spacial score (nSPS) is 15.8. The Morgan fingerprint density at radius 3 is 2.66 bits per heavy atom. The molecule has 35 heavy (non-hydrogen) atoms. The Balaban J connectivity index is 1.23. The maximum Gasteiger partial charge on any atom is 0.258 e. The van der Waals surface area contributed by atoms with Crippen LogP contribution in [0.1, 0.15) is 35.5 Å². The number of ether oxygens (including phenoxy) is 1. The van der Waals surface area contributed by atoms with E-state index in [1.165, 1.54) is 24.0 Å². The number of H-pyrrole nitrogens is 1. The minimum absolute atomic E-state index is 0.174. The summed E-state index contributed by atoms with van der Waals surface area (Å²) in [6.45, 7) is 3.83. The molecule has 0 radical (unpaired) electrons. The van der Waals surface area contributed by atoms with Gasteiger partial charge >= 0.3 is 0 Å². The zero-order valence-corrected chi connectivity index (χ0v) is 19.8. The summed E-state index contributed by atoms with van der Waals surface area (Å²) in [4.78, 5) is 24.7. The third kappa shape index (κ3) is 6.12. The molecule has 1 saturated heterocycles. The molecule has 0 amide bonds. The van der Waals surface area contributed by atoms with Gasteiger partial charge in [-0.1, -0.05) is 42.5 Å². The molecule has 1 aliphatic heterocycles. The molecule has 0 aliphatic carbocycles.